The SMILES string of the molecule is Cc1cc(Cl)ccc1NC(=O)Cc1ccc(Br)s1. The average molecular weight is 345 g/mol. The number of thiophene rings is 1. The van der Waals surface area contributed by atoms with Gasteiger partial charge in [0.15, 0.2) is 0 Å². The Hall–Kier alpha value is -0.840. The molecule has 0 aliphatic rings. The minimum absolute atomic E-state index is 0.0187. The second-order valence-electron chi connectivity index (χ2n) is 3.89. The van der Waals surface area contributed by atoms with Crippen molar-refractivity contribution in [3.05, 3.63) is 49.6 Å². The van der Waals surface area contributed by atoms with Crippen LogP contribution in [-0.4, -0.2) is 5.91 Å². The predicted molar refractivity (Wildman–Crippen MR) is 80.5 cm³/mol. The topological polar surface area (TPSA) is 29.1 Å². The van der Waals surface area contributed by atoms with Gasteiger partial charge in [-0.2, -0.15) is 0 Å². The summed E-state index contributed by atoms with van der Waals surface area (Å²) in [6, 6.07) is 9.31. The molecule has 1 N–H and O–H groups in total. The Balaban J connectivity index is 2.03. The fourth-order valence-corrected chi connectivity index (χ4v) is 3.28. The Labute approximate surface area is 123 Å². The molecule has 0 spiro atoms. The molecule has 2 nitrogen and oxygen atoms in total. The van der Waals surface area contributed by atoms with Gasteiger partial charge < -0.3 is 5.32 Å². The van der Waals surface area contributed by atoms with E-state index in [2.05, 4.69) is 21.2 Å². The van der Waals surface area contributed by atoms with Gasteiger partial charge in [0.25, 0.3) is 0 Å². The fourth-order valence-electron chi connectivity index (χ4n) is 1.57. The predicted octanol–water partition coefficient (Wildman–Crippen LogP) is 4.65. The molecule has 0 aliphatic heterocycles. The summed E-state index contributed by atoms with van der Waals surface area (Å²) < 4.78 is 1.04. The highest BCUT2D eigenvalue weighted by atomic mass is 79.9. The first-order valence-corrected chi connectivity index (χ1v) is 7.33. The standard InChI is InChI=1S/C13H11BrClNOS/c1-8-6-9(15)2-4-11(8)16-13(17)7-10-3-5-12(14)18-10/h2-6H,7H2,1H3,(H,16,17). The normalized spacial score (nSPS) is 10.4. The number of nitrogens with one attached hydrogen (secondary N) is 1. The van der Waals surface area contributed by atoms with Gasteiger partial charge in [0, 0.05) is 15.6 Å². The molecule has 0 saturated carbocycles. The maximum Gasteiger partial charge on any atom is 0.229 e. The van der Waals surface area contributed by atoms with E-state index in [1.54, 1.807) is 17.4 Å². The van der Waals surface area contributed by atoms with Crippen molar-refractivity contribution >= 4 is 50.5 Å². The third-order valence-corrected chi connectivity index (χ3v) is 4.28. The number of anilines is 1. The molecule has 0 atom stereocenters. The van der Waals surface area contributed by atoms with Crippen molar-refractivity contribution in [1.82, 2.24) is 0 Å². The molecular formula is C13H11BrClNOS. The first-order chi connectivity index (χ1) is 8.54. The maximum absolute atomic E-state index is 11.9. The number of hydrogen-bond acceptors (Lipinski definition) is 2. The van der Waals surface area contributed by atoms with Gasteiger partial charge in [-0.1, -0.05) is 11.6 Å². The van der Waals surface area contributed by atoms with E-state index in [-0.39, 0.29) is 5.91 Å². The Morgan fingerprint density at radius 2 is 2.17 bits per heavy atom. The van der Waals surface area contributed by atoms with E-state index in [0.29, 0.717) is 11.4 Å². The molecule has 18 heavy (non-hydrogen) atoms. The summed E-state index contributed by atoms with van der Waals surface area (Å²) >= 11 is 10.8. The molecule has 0 radical (unpaired) electrons. The molecule has 1 amide bonds. The van der Waals surface area contributed by atoms with Crippen LogP contribution in [0.3, 0.4) is 0 Å². The summed E-state index contributed by atoms with van der Waals surface area (Å²) in [5, 5.41) is 3.56. The molecule has 0 aliphatic carbocycles. The van der Waals surface area contributed by atoms with Gasteiger partial charge in [-0.25, -0.2) is 0 Å². The van der Waals surface area contributed by atoms with Crippen LogP contribution in [0.1, 0.15) is 10.4 Å². The number of carbonyl (C=O) groups is 1. The van der Waals surface area contributed by atoms with Crippen LogP contribution in [0.2, 0.25) is 5.02 Å². The Morgan fingerprint density at radius 3 is 2.78 bits per heavy atom. The molecule has 94 valence electrons. The number of rotatable bonds is 3. The monoisotopic (exact) mass is 343 g/mol. The third-order valence-electron chi connectivity index (χ3n) is 2.43. The lowest BCUT2D eigenvalue weighted by Crippen LogP contribution is -2.14. The molecule has 1 aromatic carbocycles. The quantitative estimate of drug-likeness (QED) is 0.862. The number of halogens is 2. The molecule has 1 aromatic heterocycles. The van der Waals surface area contributed by atoms with Crippen molar-refractivity contribution in [2.75, 3.05) is 5.32 Å². The van der Waals surface area contributed by atoms with Crippen LogP contribution in [0.25, 0.3) is 0 Å². The zero-order chi connectivity index (χ0) is 13.1. The van der Waals surface area contributed by atoms with Gasteiger partial charge in [-0.15, -0.1) is 11.3 Å². The van der Waals surface area contributed by atoms with Crippen molar-refractivity contribution in [2.45, 2.75) is 13.3 Å². The largest absolute Gasteiger partial charge is 0.326 e. The van der Waals surface area contributed by atoms with E-state index < -0.39 is 0 Å². The summed E-state index contributed by atoms with van der Waals surface area (Å²) in [6.45, 7) is 1.92. The van der Waals surface area contributed by atoms with Crippen LogP contribution in [-0.2, 0) is 11.2 Å². The number of amides is 1. The number of benzene rings is 1. The van der Waals surface area contributed by atoms with Crippen LogP contribution < -0.4 is 5.32 Å². The van der Waals surface area contributed by atoms with Crippen LogP contribution in [0, 0.1) is 6.92 Å². The second kappa shape index (κ2) is 5.87. The second-order valence-corrected chi connectivity index (χ2v) is 6.87. The van der Waals surface area contributed by atoms with Crippen LogP contribution >= 0.6 is 38.9 Å². The van der Waals surface area contributed by atoms with E-state index in [4.69, 9.17) is 11.6 Å². The zero-order valence-corrected chi connectivity index (χ0v) is 12.8. The van der Waals surface area contributed by atoms with Gasteiger partial charge in [0.1, 0.15) is 0 Å². The minimum Gasteiger partial charge on any atom is -0.326 e. The first-order valence-electron chi connectivity index (χ1n) is 5.35. The maximum atomic E-state index is 11.9. The highest BCUT2D eigenvalue weighted by molar-refractivity contribution is 9.11. The molecule has 0 saturated heterocycles. The van der Waals surface area contributed by atoms with Crippen molar-refractivity contribution in [2.24, 2.45) is 0 Å². The summed E-state index contributed by atoms with van der Waals surface area (Å²) in [5.41, 5.74) is 1.77. The van der Waals surface area contributed by atoms with E-state index in [0.717, 1.165) is 19.9 Å². The highest BCUT2D eigenvalue weighted by Gasteiger charge is 2.08. The lowest BCUT2D eigenvalue weighted by atomic mass is 10.2. The summed E-state index contributed by atoms with van der Waals surface area (Å²) in [6.07, 6.45) is 0.387. The summed E-state index contributed by atoms with van der Waals surface area (Å²) in [7, 11) is 0. The van der Waals surface area contributed by atoms with Crippen molar-refractivity contribution < 1.29 is 4.79 Å². The zero-order valence-electron chi connectivity index (χ0n) is 9.67. The minimum atomic E-state index is -0.0187. The molecule has 0 fully saturated rings. The van der Waals surface area contributed by atoms with Crippen molar-refractivity contribution in [1.29, 1.82) is 0 Å². The molecule has 2 rings (SSSR count). The number of carbonyl (C=O) groups excluding carboxylic acids is 1. The summed E-state index contributed by atoms with van der Waals surface area (Å²) in [5.74, 6) is -0.0187. The molecular weight excluding hydrogens is 334 g/mol. The third kappa shape index (κ3) is 3.57. The molecule has 0 unspecified atom stereocenters. The Kier molecular flexibility index (Phi) is 4.43. The van der Waals surface area contributed by atoms with Crippen molar-refractivity contribution in [3.63, 3.8) is 0 Å². The van der Waals surface area contributed by atoms with Crippen LogP contribution in [0.15, 0.2) is 34.1 Å². The van der Waals surface area contributed by atoms with Gasteiger partial charge in [-0.3, -0.25) is 4.79 Å². The van der Waals surface area contributed by atoms with Gasteiger partial charge in [0.2, 0.25) is 5.91 Å². The Morgan fingerprint density at radius 1 is 1.39 bits per heavy atom. The van der Waals surface area contributed by atoms with E-state index in [1.807, 2.05) is 31.2 Å². The highest BCUT2D eigenvalue weighted by Crippen LogP contribution is 2.23. The molecule has 0 bridgehead atoms. The van der Waals surface area contributed by atoms with Gasteiger partial charge in [-0.05, 0) is 58.7 Å². The molecule has 1 heterocycles. The fraction of sp³-hybridized carbons (Fsp3) is 0.154. The van der Waals surface area contributed by atoms with Crippen LogP contribution in [0.4, 0.5) is 5.69 Å². The first kappa shape index (κ1) is 13.6. The Bertz CT molecular complexity index is 582. The van der Waals surface area contributed by atoms with E-state index in [1.165, 1.54) is 0 Å². The van der Waals surface area contributed by atoms with E-state index in [9.17, 15) is 4.79 Å². The lowest BCUT2D eigenvalue weighted by molar-refractivity contribution is -0.115. The molecule has 5 heteroatoms. The lowest BCUT2D eigenvalue weighted by Gasteiger charge is -2.07. The average Bonchev–Trinajstić information content (AvgIpc) is 2.68. The van der Waals surface area contributed by atoms with Gasteiger partial charge in [0.05, 0.1) is 10.2 Å². The summed E-state index contributed by atoms with van der Waals surface area (Å²) in [4.78, 5) is 12.9. The molecule has 2 aromatic rings. The number of hydrogen-bond donors (Lipinski definition) is 1. The smallest absolute Gasteiger partial charge is 0.229 e. The van der Waals surface area contributed by atoms with Crippen molar-refractivity contribution in [3.8, 4) is 0 Å². The van der Waals surface area contributed by atoms with Crippen LogP contribution in [0.5, 0.6) is 0 Å². The number of aryl methyl sites for hydroxylation is 1. The van der Waals surface area contributed by atoms with Gasteiger partial charge >= 0.3 is 0 Å². The van der Waals surface area contributed by atoms with E-state index >= 15 is 0 Å².